The maximum absolute atomic E-state index is 5.93. The molecule has 1 fully saturated rings. The smallest absolute Gasteiger partial charge is 0.167 e. The van der Waals surface area contributed by atoms with Gasteiger partial charge >= 0.3 is 0 Å². The van der Waals surface area contributed by atoms with Crippen molar-refractivity contribution in [1.29, 1.82) is 0 Å². The molecule has 1 aromatic heterocycles. The Balaban J connectivity index is 2.08. The number of hydrogen-bond donors (Lipinski definition) is 1. The van der Waals surface area contributed by atoms with Crippen LogP contribution in [0.5, 0.6) is 0 Å². The quantitative estimate of drug-likeness (QED) is 0.859. The fourth-order valence-corrected chi connectivity index (χ4v) is 2.75. The van der Waals surface area contributed by atoms with Gasteiger partial charge in [-0.25, -0.2) is 0 Å². The van der Waals surface area contributed by atoms with E-state index in [1.807, 2.05) is 19.1 Å². The molecule has 1 aliphatic carbocycles. The van der Waals surface area contributed by atoms with Crippen molar-refractivity contribution in [3.63, 3.8) is 0 Å². The lowest BCUT2D eigenvalue weighted by Crippen LogP contribution is -2.04. The van der Waals surface area contributed by atoms with Crippen molar-refractivity contribution in [3.8, 4) is 0 Å². The van der Waals surface area contributed by atoms with Crippen LogP contribution in [0.3, 0.4) is 0 Å². The fraction of sp³-hybridized carbons (Fsp3) is 0.500. The Labute approximate surface area is 101 Å². The highest BCUT2D eigenvalue weighted by atomic mass is 16.5. The van der Waals surface area contributed by atoms with E-state index in [0.29, 0.717) is 5.92 Å². The second-order valence-corrected chi connectivity index (χ2v) is 5.09. The average molecular weight is 230 g/mol. The van der Waals surface area contributed by atoms with E-state index in [1.165, 1.54) is 25.7 Å². The van der Waals surface area contributed by atoms with E-state index < -0.39 is 0 Å². The molecule has 0 radical (unpaired) electrons. The van der Waals surface area contributed by atoms with Gasteiger partial charge in [-0.1, -0.05) is 24.1 Å². The van der Waals surface area contributed by atoms with Crippen LogP contribution in [0.2, 0.25) is 0 Å². The maximum Gasteiger partial charge on any atom is 0.167 e. The van der Waals surface area contributed by atoms with E-state index >= 15 is 0 Å². The largest absolute Gasteiger partial charge is 0.356 e. The number of aromatic nitrogens is 1. The van der Waals surface area contributed by atoms with E-state index in [1.54, 1.807) is 0 Å². The molecular formula is C14H18N2O. The first-order chi connectivity index (χ1) is 8.25. The molecule has 0 aliphatic heterocycles. The molecule has 90 valence electrons. The van der Waals surface area contributed by atoms with Crippen molar-refractivity contribution in [2.24, 2.45) is 5.73 Å². The third-order valence-electron chi connectivity index (χ3n) is 3.79. The Bertz CT molecular complexity index is 524. The lowest BCUT2D eigenvalue weighted by Gasteiger charge is -2.07. The average Bonchev–Trinajstić information content (AvgIpc) is 2.96. The summed E-state index contributed by atoms with van der Waals surface area (Å²) in [6, 6.07) is 6.21. The summed E-state index contributed by atoms with van der Waals surface area (Å²) < 4.78 is 5.41. The first-order valence-electron chi connectivity index (χ1n) is 6.40. The SMILES string of the molecule is CC(N)c1ccc2onc(C3CCCC3)c2c1. The molecule has 2 N–H and O–H groups in total. The number of fused-ring (bicyclic) bond motifs is 1. The van der Waals surface area contributed by atoms with Crippen LogP contribution in [0.15, 0.2) is 22.7 Å². The number of benzene rings is 1. The molecule has 1 aliphatic rings. The molecule has 3 rings (SSSR count). The van der Waals surface area contributed by atoms with Crippen molar-refractivity contribution in [2.45, 2.75) is 44.6 Å². The highest BCUT2D eigenvalue weighted by molar-refractivity contribution is 5.80. The summed E-state index contributed by atoms with van der Waals surface area (Å²) >= 11 is 0. The summed E-state index contributed by atoms with van der Waals surface area (Å²) in [6.45, 7) is 2.00. The minimum Gasteiger partial charge on any atom is -0.356 e. The Kier molecular flexibility index (Phi) is 2.63. The highest BCUT2D eigenvalue weighted by Crippen LogP contribution is 2.37. The Morgan fingerprint density at radius 3 is 2.82 bits per heavy atom. The van der Waals surface area contributed by atoms with Crippen LogP contribution >= 0.6 is 0 Å². The minimum atomic E-state index is 0.0609. The summed E-state index contributed by atoms with van der Waals surface area (Å²) in [7, 11) is 0. The van der Waals surface area contributed by atoms with Gasteiger partial charge in [-0.3, -0.25) is 0 Å². The molecule has 0 saturated heterocycles. The number of nitrogens with two attached hydrogens (primary N) is 1. The summed E-state index contributed by atoms with van der Waals surface area (Å²) in [5, 5.41) is 5.42. The van der Waals surface area contributed by atoms with Gasteiger partial charge in [0.2, 0.25) is 0 Å². The van der Waals surface area contributed by atoms with Gasteiger partial charge in [-0.05, 0) is 37.5 Å². The number of nitrogens with zero attached hydrogens (tertiary/aromatic N) is 1. The van der Waals surface area contributed by atoms with Crippen LogP contribution in [0.4, 0.5) is 0 Å². The second-order valence-electron chi connectivity index (χ2n) is 5.09. The maximum atomic E-state index is 5.93. The van der Waals surface area contributed by atoms with E-state index in [0.717, 1.165) is 22.2 Å². The van der Waals surface area contributed by atoms with Gasteiger partial charge in [0.05, 0.1) is 5.69 Å². The molecular weight excluding hydrogens is 212 g/mol. The zero-order valence-electron chi connectivity index (χ0n) is 10.1. The standard InChI is InChI=1S/C14H18N2O/c1-9(15)11-6-7-13-12(8-11)14(16-17-13)10-4-2-3-5-10/h6-10H,2-5,15H2,1H3. The van der Waals surface area contributed by atoms with E-state index in [9.17, 15) is 0 Å². The van der Waals surface area contributed by atoms with Crippen LogP contribution in [-0.4, -0.2) is 5.16 Å². The van der Waals surface area contributed by atoms with Gasteiger partial charge in [-0.2, -0.15) is 0 Å². The van der Waals surface area contributed by atoms with E-state index in [4.69, 9.17) is 10.3 Å². The molecule has 1 heterocycles. The molecule has 2 aromatic rings. The van der Waals surface area contributed by atoms with Crippen LogP contribution in [0.1, 0.15) is 55.8 Å². The van der Waals surface area contributed by atoms with Crippen LogP contribution in [0, 0.1) is 0 Å². The highest BCUT2D eigenvalue weighted by Gasteiger charge is 2.23. The van der Waals surface area contributed by atoms with Crippen LogP contribution < -0.4 is 5.73 Å². The molecule has 3 heteroatoms. The predicted molar refractivity (Wildman–Crippen MR) is 67.8 cm³/mol. The lowest BCUT2D eigenvalue weighted by atomic mass is 9.98. The molecule has 0 spiro atoms. The molecule has 1 aromatic carbocycles. The van der Waals surface area contributed by atoms with Crippen molar-refractivity contribution in [2.75, 3.05) is 0 Å². The molecule has 17 heavy (non-hydrogen) atoms. The molecule has 1 saturated carbocycles. The van der Waals surface area contributed by atoms with E-state index in [-0.39, 0.29) is 6.04 Å². The molecule has 1 atom stereocenters. The molecule has 0 bridgehead atoms. The Morgan fingerprint density at radius 1 is 1.35 bits per heavy atom. The van der Waals surface area contributed by atoms with Crippen LogP contribution in [-0.2, 0) is 0 Å². The minimum absolute atomic E-state index is 0.0609. The Morgan fingerprint density at radius 2 is 2.12 bits per heavy atom. The van der Waals surface area contributed by atoms with Crippen molar-refractivity contribution in [3.05, 3.63) is 29.5 Å². The third-order valence-corrected chi connectivity index (χ3v) is 3.79. The fourth-order valence-electron chi connectivity index (χ4n) is 2.75. The summed E-state index contributed by atoms with van der Waals surface area (Å²) in [5.74, 6) is 0.583. The van der Waals surface area contributed by atoms with Gasteiger partial charge in [-0.15, -0.1) is 0 Å². The topological polar surface area (TPSA) is 52.0 Å². The van der Waals surface area contributed by atoms with Crippen molar-refractivity contribution in [1.82, 2.24) is 5.16 Å². The number of rotatable bonds is 2. The van der Waals surface area contributed by atoms with Gasteiger partial charge in [0.1, 0.15) is 0 Å². The zero-order chi connectivity index (χ0) is 11.8. The number of hydrogen-bond acceptors (Lipinski definition) is 3. The normalized spacial score (nSPS) is 18.9. The van der Waals surface area contributed by atoms with Gasteiger partial charge < -0.3 is 10.3 Å². The first kappa shape index (κ1) is 10.8. The summed E-state index contributed by atoms with van der Waals surface area (Å²) in [5.41, 5.74) is 9.10. The zero-order valence-corrected chi connectivity index (χ0v) is 10.1. The van der Waals surface area contributed by atoms with Gasteiger partial charge in [0.15, 0.2) is 5.58 Å². The van der Waals surface area contributed by atoms with Crippen LogP contribution in [0.25, 0.3) is 11.0 Å². The molecule has 3 nitrogen and oxygen atoms in total. The van der Waals surface area contributed by atoms with Crippen molar-refractivity contribution >= 4 is 11.0 Å². The third kappa shape index (κ3) is 1.84. The van der Waals surface area contributed by atoms with E-state index in [2.05, 4.69) is 11.2 Å². The molecule has 0 amide bonds. The lowest BCUT2D eigenvalue weighted by molar-refractivity contribution is 0.437. The summed E-state index contributed by atoms with van der Waals surface area (Å²) in [4.78, 5) is 0. The van der Waals surface area contributed by atoms with Gasteiger partial charge in [0.25, 0.3) is 0 Å². The monoisotopic (exact) mass is 230 g/mol. The van der Waals surface area contributed by atoms with Crippen molar-refractivity contribution < 1.29 is 4.52 Å². The van der Waals surface area contributed by atoms with Gasteiger partial charge in [0, 0.05) is 17.3 Å². The predicted octanol–water partition coefficient (Wildman–Crippen LogP) is 3.51. The second kappa shape index (κ2) is 4.15. The Hall–Kier alpha value is -1.35. The summed E-state index contributed by atoms with van der Waals surface area (Å²) in [6.07, 6.45) is 5.10. The molecule has 1 unspecified atom stereocenters. The first-order valence-corrected chi connectivity index (χ1v) is 6.40.